The van der Waals surface area contributed by atoms with E-state index in [1.54, 1.807) is 24.4 Å². The summed E-state index contributed by atoms with van der Waals surface area (Å²) in [5, 5.41) is 18.1. The summed E-state index contributed by atoms with van der Waals surface area (Å²) in [6, 6.07) is 7.94. The van der Waals surface area contributed by atoms with Crippen LogP contribution in [0.4, 0.5) is 0 Å². The third-order valence-electron chi connectivity index (χ3n) is 3.22. The number of aromatic amines is 1. The summed E-state index contributed by atoms with van der Waals surface area (Å²) >= 11 is 0. The van der Waals surface area contributed by atoms with Crippen LogP contribution in [-0.4, -0.2) is 33.6 Å². The molecule has 0 aliphatic carbocycles. The number of nitrogens with one attached hydrogen (secondary N) is 2. The van der Waals surface area contributed by atoms with Gasteiger partial charge in [0.05, 0.1) is 29.5 Å². The fraction of sp³-hybridized carbons (Fsp3) is 0.0625. The highest BCUT2D eigenvalue weighted by atomic mass is 16.5. The minimum atomic E-state index is -0.607. The van der Waals surface area contributed by atoms with Crippen LogP contribution in [0.3, 0.4) is 0 Å². The Labute approximate surface area is 136 Å². The molecule has 0 saturated carbocycles. The molecule has 0 fully saturated rings. The average molecular weight is 321 g/mol. The number of nitriles is 1. The van der Waals surface area contributed by atoms with Crippen LogP contribution in [0.25, 0.3) is 10.9 Å². The first-order valence-electron chi connectivity index (χ1n) is 6.93. The fourth-order valence-electron chi connectivity index (χ4n) is 2.11. The predicted octanol–water partition coefficient (Wildman–Crippen LogP) is 1.43. The van der Waals surface area contributed by atoms with Gasteiger partial charge in [-0.3, -0.25) is 14.9 Å². The Morgan fingerprint density at radius 1 is 1.29 bits per heavy atom. The van der Waals surface area contributed by atoms with Gasteiger partial charge in [0, 0.05) is 17.1 Å². The summed E-state index contributed by atoms with van der Waals surface area (Å²) in [4.78, 5) is 28.1. The van der Waals surface area contributed by atoms with Crippen LogP contribution in [-0.2, 0) is 0 Å². The van der Waals surface area contributed by atoms with E-state index in [2.05, 4.69) is 20.5 Å². The van der Waals surface area contributed by atoms with Crippen molar-refractivity contribution in [2.75, 3.05) is 6.54 Å². The maximum atomic E-state index is 12.3. The van der Waals surface area contributed by atoms with Gasteiger partial charge >= 0.3 is 5.97 Å². The van der Waals surface area contributed by atoms with Crippen molar-refractivity contribution in [2.45, 2.75) is 0 Å². The normalized spacial score (nSPS) is 10.1. The lowest BCUT2D eigenvalue weighted by atomic mass is 10.2. The number of aromatic nitrogens is 3. The number of nitrogens with zero attached hydrogens (tertiary/aromatic N) is 3. The van der Waals surface area contributed by atoms with E-state index < -0.39 is 11.9 Å². The van der Waals surface area contributed by atoms with Gasteiger partial charge in [-0.15, -0.1) is 0 Å². The quantitative estimate of drug-likeness (QED) is 0.426. The SMILES string of the molecule is N#CCNC(=O)c1cccc(OC(=O)c2cncc3[nH]ncc23)c1. The van der Waals surface area contributed by atoms with Crippen molar-refractivity contribution in [1.29, 1.82) is 5.26 Å². The number of esters is 1. The molecule has 8 nitrogen and oxygen atoms in total. The van der Waals surface area contributed by atoms with Gasteiger partial charge in [-0.05, 0) is 18.2 Å². The highest BCUT2D eigenvalue weighted by Crippen LogP contribution is 2.19. The minimum absolute atomic E-state index is 0.100. The number of benzene rings is 1. The van der Waals surface area contributed by atoms with Crippen LogP contribution in [0.15, 0.2) is 42.9 Å². The number of pyridine rings is 1. The minimum Gasteiger partial charge on any atom is -0.423 e. The molecule has 1 amide bonds. The first-order chi connectivity index (χ1) is 11.7. The zero-order chi connectivity index (χ0) is 16.9. The molecule has 0 aliphatic heterocycles. The number of hydrogen-bond donors (Lipinski definition) is 2. The zero-order valence-electron chi connectivity index (χ0n) is 12.3. The Hall–Kier alpha value is -3.73. The maximum Gasteiger partial charge on any atom is 0.345 e. The summed E-state index contributed by atoms with van der Waals surface area (Å²) < 4.78 is 5.31. The fourth-order valence-corrected chi connectivity index (χ4v) is 2.11. The zero-order valence-corrected chi connectivity index (χ0v) is 12.3. The van der Waals surface area contributed by atoms with Crippen molar-refractivity contribution in [3.05, 3.63) is 54.0 Å². The molecule has 3 aromatic rings. The summed E-state index contributed by atoms with van der Waals surface area (Å²) in [5.41, 5.74) is 1.17. The van der Waals surface area contributed by atoms with Gasteiger partial charge in [-0.2, -0.15) is 10.4 Å². The van der Waals surface area contributed by atoms with Crippen LogP contribution in [0.2, 0.25) is 0 Å². The summed E-state index contributed by atoms with van der Waals surface area (Å²) in [5.74, 6) is -0.817. The molecule has 2 heterocycles. The maximum absolute atomic E-state index is 12.3. The molecule has 0 atom stereocenters. The molecule has 3 rings (SSSR count). The summed E-state index contributed by atoms with van der Waals surface area (Å²) in [6.07, 6.45) is 4.46. The van der Waals surface area contributed by atoms with Crippen LogP contribution in [0.1, 0.15) is 20.7 Å². The Morgan fingerprint density at radius 3 is 3.00 bits per heavy atom. The molecule has 0 spiro atoms. The highest BCUT2D eigenvalue weighted by molar-refractivity contribution is 6.03. The molecule has 0 radical (unpaired) electrons. The second-order valence-corrected chi connectivity index (χ2v) is 4.78. The number of ether oxygens (including phenoxy) is 1. The van der Waals surface area contributed by atoms with Crippen molar-refractivity contribution in [3.8, 4) is 11.8 Å². The van der Waals surface area contributed by atoms with Crippen molar-refractivity contribution >= 4 is 22.8 Å². The molecule has 118 valence electrons. The van der Waals surface area contributed by atoms with Gasteiger partial charge in [0.1, 0.15) is 12.3 Å². The summed E-state index contributed by atoms with van der Waals surface area (Å²) in [6.45, 7) is -0.100. The molecule has 0 saturated heterocycles. The van der Waals surface area contributed by atoms with Crippen LogP contribution < -0.4 is 10.1 Å². The molecule has 2 N–H and O–H groups in total. The van der Waals surface area contributed by atoms with E-state index >= 15 is 0 Å². The van der Waals surface area contributed by atoms with Crippen LogP contribution >= 0.6 is 0 Å². The smallest absolute Gasteiger partial charge is 0.345 e. The van der Waals surface area contributed by atoms with Crippen molar-refractivity contribution in [1.82, 2.24) is 20.5 Å². The second kappa shape index (κ2) is 6.58. The van der Waals surface area contributed by atoms with Gasteiger partial charge in [-0.25, -0.2) is 4.79 Å². The lowest BCUT2D eigenvalue weighted by molar-refractivity contribution is 0.0735. The molecule has 0 bridgehead atoms. The molecule has 0 aliphatic rings. The van der Waals surface area contributed by atoms with Gasteiger partial charge < -0.3 is 10.1 Å². The number of rotatable bonds is 4. The Balaban J connectivity index is 1.81. The second-order valence-electron chi connectivity index (χ2n) is 4.78. The molecule has 0 unspecified atom stereocenters. The standard InChI is InChI=1S/C16H11N5O3/c17-4-5-19-15(22)10-2-1-3-11(6-10)24-16(23)13-7-18-9-14-12(13)8-20-21-14/h1-3,6-9H,5H2,(H,19,22)(H,20,21). The van der Waals surface area contributed by atoms with E-state index in [0.29, 0.717) is 10.9 Å². The van der Waals surface area contributed by atoms with Crippen molar-refractivity contribution in [3.63, 3.8) is 0 Å². The number of carbonyl (C=O) groups excluding carboxylic acids is 2. The molecule has 2 aromatic heterocycles. The van der Waals surface area contributed by atoms with E-state index in [-0.39, 0.29) is 23.4 Å². The van der Waals surface area contributed by atoms with E-state index in [1.165, 1.54) is 18.5 Å². The number of carbonyl (C=O) groups is 2. The van der Waals surface area contributed by atoms with Gasteiger partial charge in [0.25, 0.3) is 5.91 Å². The van der Waals surface area contributed by atoms with Crippen molar-refractivity contribution < 1.29 is 14.3 Å². The number of fused-ring (bicyclic) bond motifs is 1. The largest absolute Gasteiger partial charge is 0.423 e. The predicted molar refractivity (Wildman–Crippen MR) is 83.2 cm³/mol. The van der Waals surface area contributed by atoms with Crippen LogP contribution in [0, 0.1) is 11.3 Å². The van der Waals surface area contributed by atoms with E-state index in [4.69, 9.17) is 10.00 Å². The summed E-state index contributed by atoms with van der Waals surface area (Å²) in [7, 11) is 0. The first-order valence-corrected chi connectivity index (χ1v) is 6.93. The Morgan fingerprint density at radius 2 is 2.17 bits per heavy atom. The van der Waals surface area contributed by atoms with E-state index in [0.717, 1.165) is 0 Å². The average Bonchev–Trinajstić information content (AvgIpc) is 3.08. The molecular formula is C16H11N5O3. The molecule has 24 heavy (non-hydrogen) atoms. The first kappa shape index (κ1) is 15.2. The molecular weight excluding hydrogens is 310 g/mol. The third kappa shape index (κ3) is 3.05. The lowest BCUT2D eigenvalue weighted by Crippen LogP contribution is -2.23. The van der Waals surface area contributed by atoms with Gasteiger partial charge in [0.15, 0.2) is 0 Å². The van der Waals surface area contributed by atoms with E-state index in [1.807, 2.05) is 6.07 Å². The third-order valence-corrected chi connectivity index (χ3v) is 3.22. The lowest BCUT2D eigenvalue weighted by Gasteiger charge is -2.07. The van der Waals surface area contributed by atoms with E-state index in [9.17, 15) is 9.59 Å². The topological polar surface area (TPSA) is 121 Å². The molecule has 8 heteroatoms. The monoisotopic (exact) mass is 321 g/mol. The number of H-pyrrole nitrogens is 1. The Bertz CT molecular complexity index is 958. The Kier molecular flexibility index (Phi) is 4.16. The molecule has 1 aromatic carbocycles. The van der Waals surface area contributed by atoms with Crippen molar-refractivity contribution in [2.24, 2.45) is 0 Å². The van der Waals surface area contributed by atoms with Gasteiger partial charge in [0.2, 0.25) is 0 Å². The number of amides is 1. The number of hydrogen-bond acceptors (Lipinski definition) is 6. The highest BCUT2D eigenvalue weighted by Gasteiger charge is 2.15. The van der Waals surface area contributed by atoms with Gasteiger partial charge in [-0.1, -0.05) is 6.07 Å². The van der Waals surface area contributed by atoms with Crippen LogP contribution in [0.5, 0.6) is 5.75 Å².